The van der Waals surface area contributed by atoms with Crippen LogP contribution in [0.2, 0.25) is 0 Å². The molecule has 1 amide bonds. The van der Waals surface area contributed by atoms with E-state index in [1.807, 2.05) is 0 Å². The first-order chi connectivity index (χ1) is 8.18. The second-order valence-electron chi connectivity index (χ2n) is 4.36. The highest BCUT2D eigenvalue weighted by Gasteiger charge is 2.34. The fourth-order valence-corrected chi connectivity index (χ4v) is 3.34. The molecule has 2 atom stereocenters. The predicted molar refractivity (Wildman–Crippen MR) is 64.1 cm³/mol. The molecule has 0 radical (unpaired) electrons. The van der Waals surface area contributed by atoms with Crippen LogP contribution < -0.4 is 0 Å². The number of nitrogens with zero attached hydrogens (tertiary/aromatic N) is 1. The molecule has 2 aliphatic heterocycles. The van der Waals surface area contributed by atoms with Gasteiger partial charge in [0, 0.05) is 24.7 Å². The molecule has 0 aromatic heterocycles. The van der Waals surface area contributed by atoms with Gasteiger partial charge in [-0.3, -0.25) is 9.59 Å². The molecule has 0 aromatic rings. The van der Waals surface area contributed by atoms with Gasteiger partial charge < -0.3 is 14.7 Å². The predicted octanol–water partition coefficient (Wildman–Crippen LogP) is 0.584. The van der Waals surface area contributed by atoms with Crippen molar-refractivity contribution in [3.63, 3.8) is 0 Å². The van der Waals surface area contributed by atoms with Gasteiger partial charge in [-0.1, -0.05) is 0 Å². The molecule has 6 heteroatoms. The number of amides is 1. The topological polar surface area (TPSA) is 66.8 Å². The Labute approximate surface area is 104 Å². The molecule has 5 nitrogen and oxygen atoms in total. The molecule has 2 aliphatic rings. The van der Waals surface area contributed by atoms with Gasteiger partial charge in [0.1, 0.15) is 6.10 Å². The zero-order valence-corrected chi connectivity index (χ0v) is 10.4. The average molecular weight is 259 g/mol. The third-order valence-corrected chi connectivity index (χ3v) is 4.22. The molecular formula is C11H17NO4S. The lowest BCUT2D eigenvalue weighted by Crippen LogP contribution is -2.50. The van der Waals surface area contributed by atoms with Crippen LogP contribution >= 0.6 is 11.8 Å². The van der Waals surface area contributed by atoms with Gasteiger partial charge in [0.25, 0.3) is 5.91 Å². The van der Waals surface area contributed by atoms with Crippen LogP contribution in [-0.2, 0) is 14.3 Å². The quantitative estimate of drug-likeness (QED) is 0.803. The Bertz CT molecular complexity index is 304. The number of carbonyl (C=O) groups is 2. The highest BCUT2D eigenvalue weighted by Crippen LogP contribution is 2.23. The zero-order valence-electron chi connectivity index (χ0n) is 9.63. The number of hydrogen-bond donors (Lipinski definition) is 1. The third-order valence-electron chi connectivity index (χ3n) is 3.13. The van der Waals surface area contributed by atoms with E-state index < -0.39 is 5.97 Å². The molecule has 0 bridgehead atoms. The number of ether oxygens (including phenoxy) is 1. The molecule has 2 rings (SSSR count). The molecule has 0 aliphatic carbocycles. The molecule has 17 heavy (non-hydrogen) atoms. The lowest BCUT2D eigenvalue weighted by molar-refractivity contribution is -0.145. The molecule has 2 saturated heterocycles. The maximum atomic E-state index is 12.2. The summed E-state index contributed by atoms with van der Waals surface area (Å²) in [6.07, 6.45) is 1.38. The smallest absolute Gasteiger partial charge is 0.305 e. The third kappa shape index (κ3) is 3.13. The van der Waals surface area contributed by atoms with Crippen molar-refractivity contribution >= 4 is 23.6 Å². The Morgan fingerprint density at radius 1 is 1.47 bits per heavy atom. The van der Waals surface area contributed by atoms with Crippen LogP contribution in [0.15, 0.2) is 0 Å². The summed E-state index contributed by atoms with van der Waals surface area (Å²) in [7, 11) is 0. The highest BCUT2D eigenvalue weighted by molar-refractivity contribution is 7.99. The van der Waals surface area contributed by atoms with Crippen molar-refractivity contribution < 1.29 is 19.4 Å². The van der Waals surface area contributed by atoms with E-state index in [-0.39, 0.29) is 24.5 Å². The van der Waals surface area contributed by atoms with E-state index in [2.05, 4.69) is 0 Å². The number of hydrogen-bond acceptors (Lipinski definition) is 4. The van der Waals surface area contributed by atoms with E-state index in [0.29, 0.717) is 18.9 Å². The normalized spacial score (nSPS) is 29.3. The van der Waals surface area contributed by atoms with Crippen molar-refractivity contribution in [1.82, 2.24) is 4.90 Å². The molecular weight excluding hydrogens is 242 g/mol. The lowest BCUT2D eigenvalue weighted by atomic mass is 10.1. The standard InChI is InChI=1S/C11H17NO4S/c13-10(14)6-8-7-17-5-3-12(8)11(15)9-2-1-4-16-9/h8-9H,1-7H2,(H,13,14)/t8?,9-/m1/s1. The van der Waals surface area contributed by atoms with Gasteiger partial charge in [0.15, 0.2) is 0 Å². The molecule has 2 heterocycles. The van der Waals surface area contributed by atoms with Crippen molar-refractivity contribution in [3.8, 4) is 0 Å². The Kier molecular flexibility index (Phi) is 4.28. The molecule has 0 saturated carbocycles. The first-order valence-corrected chi connectivity index (χ1v) is 7.05. The summed E-state index contributed by atoms with van der Waals surface area (Å²) < 4.78 is 5.38. The van der Waals surface area contributed by atoms with Crippen LogP contribution in [0, 0.1) is 0 Å². The largest absolute Gasteiger partial charge is 0.481 e. The van der Waals surface area contributed by atoms with Crippen LogP contribution in [0.5, 0.6) is 0 Å². The van der Waals surface area contributed by atoms with Crippen molar-refractivity contribution in [2.24, 2.45) is 0 Å². The Morgan fingerprint density at radius 2 is 2.29 bits per heavy atom. The molecule has 0 aromatic carbocycles. The Hall–Kier alpha value is -0.750. The maximum absolute atomic E-state index is 12.2. The summed E-state index contributed by atoms with van der Waals surface area (Å²) in [6, 6.07) is -0.178. The minimum absolute atomic E-state index is 0.0194. The van der Waals surface area contributed by atoms with Crippen molar-refractivity contribution in [2.75, 3.05) is 24.7 Å². The van der Waals surface area contributed by atoms with E-state index in [4.69, 9.17) is 9.84 Å². The van der Waals surface area contributed by atoms with Crippen molar-refractivity contribution in [2.45, 2.75) is 31.4 Å². The van der Waals surface area contributed by atoms with E-state index >= 15 is 0 Å². The molecule has 2 fully saturated rings. The highest BCUT2D eigenvalue weighted by atomic mass is 32.2. The molecule has 1 unspecified atom stereocenters. The number of carboxylic acid groups (broad SMARTS) is 1. The number of carbonyl (C=O) groups excluding carboxylic acids is 1. The summed E-state index contributed by atoms with van der Waals surface area (Å²) >= 11 is 1.71. The number of carboxylic acids is 1. The molecule has 0 spiro atoms. The van der Waals surface area contributed by atoms with E-state index in [0.717, 1.165) is 18.6 Å². The first-order valence-electron chi connectivity index (χ1n) is 5.90. The van der Waals surface area contributed by atoms with Gasteiger partial charge in [0.2, 0.25) is 0 Å². The number of rotatable bonds is 3. The van der Waals surface area contributed by atoms with Crippen LogP contribution in [0.3, 0.4) is 0 Å². The minimum atomic E-state index is -0.845. The fraction of sp³-hybridized carbons (Fsp3) is 0.818. The van der Waals surface area contributed by atoms with Crippen molar-refractivity contribution in [1.29, 1.82) is 0 Å². The lowest BCUT2D eigenvalue weighted by Gasteiger charge is -2.35. The van der Waals surface area contributed by atoms with Crippen LogP contribution in [-0.4, -0.2) is 58.7 Å². The van der Waals surface area contributed by atoms with Crippen LogP contribution in [0.4, 0.5) is 0 Å². The van der Waals surface area contributed by atoms with Gasteiger partial charge in [0.05, 0.1) is 12.5 Å². The summed E-state index contributed by atoms with van der Waals surface area (Å²) in [6.45, 7) is 1.28. The van der Waals surface area contributed by atoms with Crippen LogP contribution in [0.1, 0.15) is 19.3 Å². The summed E-state index contributed by atoms with van der Waals surface area (Å²) in [5, 5.41) is 8.85. The summed E-state index contributed by atoms with van der Waals surface area (Å²) in [4.78, 5) is 24.7. The molecule has 1 N–H and O–H groups in total. The average Bonchev–Trinajstić information content (AvgIpc) is 2.81. The second-order valence-corrected chi connectivity index (χ2v) is 5.51. The SMILES string of the molecule is O=C(O)CC1CSCCN1C(=O)[C@H]1CCCO1. The fourth-order valence-electron chi connectivity index (χ4n) is 2.27. The Balaban J connectivity index is 1.99. The Morgan fingerprint density at radius 3 is 2.94 bits per heavy atom. The van der Waals surface area contributed by atoms with Gasteiger partial charge >= 0.3 is 5.97 Å². The molecule has 96 valence electrons. The summed E-state index contributed by atoms with van der Waals surface area (Å²) in [5.41, 5.74) is 0. The van der Waals surface area contributed by atoms with Crippen LogP contribution in [0.25, 0.3) is 0 Å². The van der Waals surface area contributed by atoms with E-state index in [1.54, 1.807) is 16.7 Å². The van der Waals surface area contributed by atoms with E-state index in [9.17, 15) is 9.59 Å². The number of thioether (sulfide) groups is 1. The van der Waals surface area contributed by atoms with E-state index in [1.165, 1.54) is 0 Å². The van der Waals surface area contributed by atoms with Crippen molar-refractivity contribution in [3.05, 3.63) is 0 Å². The van der Waals surface area contributed by atoms with Gasteiger partial charge in [-0.25, -0.2) is 0 Å². The van der Waals surface area contributed by atoms with Gasteiger partial charge in [-0.15, -0.1) is 0 Å². The van der Waals surface area contributed by atoms with Gasteiger partial charge in [-0.2, -0.15) is 11.8 Å². The monoisotopic (exact) mass is 259 g/mol. The minimum Gasteiger partial charge on any atom is -0.481 e. The second kappa shape index (κ2) is 5.73. The maximum Gasteiger partial charge on any atom is 0.305 e. The van der Waals surface area contributed by atoms with Gasteiger partial charge in [-0.05, 0) is 12.8 Å². The first kappa shape index (κ1) is 12.7. The number of aliphatic carboxylic acids is 1. The zero-order chi connectivity index (χ0) is 12.3. The summed E-state index contributed by atoms with van der Waals surface area (Å²) in [5.74, 6) is 0.732.